The Kier molecular flexibility index (Phi) is 6.45. The third-order valence-corrected chi connectivity index (χ3v) is 4.71. The summed E-state index contributed by atoms with van der Waals surface area (Å²) >= 11 is 0. The summed E-state index contributed by atoms with van der Waals surface area (Å²) in [6.07, 6.45) is -0.429. The minimum atomic E-state index is -0.722. The number of aliphatic hydroxyl groups excluding tert-OH is 1. The maximum absolute atomic E-state index is 12.2. The van der Waals surface area contributed by atoms with Crippen LogP contribution in [0, 0.1) is 0 Å². The van der Waals surface area contributed by atoms with Crippen molar-refractivity contribution in [1.82, 2.24) is 5.32 Å². The Balaban J connectivity index is 1.51. The predicted molar refractivity (Wildman–Crippen MR) is 114 cm³/mol. The molecule has 28 heavy (non-hydrogen) atoms. The normalized spacial score (nSPS) is 11.7. The average Bonchev–Trinajstić information content (AvgIpc) is 2.73. The molecule has 0 heterocycles. The molecule has 0 aliphatic rings. The van der Waals surface area contributed by atoms with Gasteiger partial charge < -0.3 is 15.3 Å². The van der Waals surface area contributed by atoms with Crippen molar-refractivity contribution in [2.24, 2.45) is 0 Å². The number of carbonyl (C=O) groups is 1. The van der Waals surface area contributed by atoms with Crippen molar-refractivity contribution in [2.75, 3.05) is 25.5 Å². The summed E-state index contributed by atoms with van der Waals surface area (Å²) in [4.78, 5) is 14.2. The first kappa shape index (κ1) is 19.6. The van der Waals surface area contributed by atoms with Crippen LogP contribution in [0.15, 0.2) is 78.9 Å². The highest BCUT2D eigenvalue weighted by Gasteiger charge is 2.10. The molecule has 4 heteroatoms. The zero-order chi connectivity index (χ0) is 19.9. The molecule has 0 aliphatic heterocycles. The maximum atomic E-state index is 12.2. The van der Waals surface area contributed by atoms with Gasteiger partial charge >= 0.3 is 0 Å². The van der Waals surface area contributed by atoms with E-state index in [0.717, 1.165) is 27.9 Å². The first-order valence-electron chi connectivity index (χ1n) is 9.39. The van der Waals surface area contributed by atoms with E-state index in [1.165, 1.54) is 0 Å². The number of benzene rings is 3. The van der Waals surface area contributed by atoms with Gasteiger partial charge in [-0.2, -0.15) is 0 Å². The zero-order valence-corrected chi connectivity index (χ0v) is 16.3. The van der Waals surface area contributed by atoms with E-state index in [2.05, 4.69) is 17.4 Å². The van der Waals surface area contributed by atoms with Gasteiger partial charge in [-0.05, 0) is 34.4 Å². The predicted octanol–water partition coefficient (Wildman–Crippen LogP) is 3.81. The van der Waals surface area contributed by atoms with Crippen molar-refractivity contribution < 1.29 is 9.90 Å². The van der Waals surface area contributed by atoms with Crippen LogP contribution in [0.2, 0.25) is 0 Å². The number of hydrogen-bond donors (Lipinski definition) is 2. The number of aliphatic hydroxyl groups is 1. The lowest BCUT2D eigenvalue weighted by atomic mass is 10.0. The van der Waals surface area contributed by atoms with E-state index >= 15 is 0 Å². The molecule has 0 saturated heterocycles. The Hall–Kier alpha value is -3.11. The van der Waals surface area contributed by atoms with Crippen LogP contribution >= 0.6 is 0 Å². The number of rotatable bonds is 7. The smallest absolute Gasteiger partial charge is 0.224 e. The van der Waals surface area contributed by atoms with Gasteiger partial charge in [0.15, 0.2) is 0 Å². The molecule has 0 spiro atoms. The van der Waals surface area contributed by atoms with Crippen LogP contribution in [-0.4, -0.2) is 31.7 Å². The number of anilines is 1. The Morgan fingerprint density at radius 3 is 2.11 bits per heavy atom. The second-order valence-electron chi connectivity index (χ2n) is 7.05. The molecule has 144 valence electrons. The van der Waals surface area contributed by atoms with Gasteiger partial charge in [0.2, 0.25) is 5.91 Å². The van der Waals surface area contributed by atoms with Gasteiger partial charge in [-0.25, -0.2) is 0 Å². The largest absolute Gasteiger partial charge is 0.387 e. The third kappa shape index (κ3) is 5.21. The highest BCUT2D eigenvalue weighted by atomic mass is 16.3. The fraction of sp³-hybridized carbons (Fsp3) is 0.208. The second-order valence-corrected chi connectivity index (χ2v) is 7.05. The highest BCUT2D eigenvalue weighted by Crippen LogP contribution is 2.20. The van der Waals surface area contributed by atoms with Gasteiger partial charge in [0, 0.05) is 26.3 Å². The van der Waals surface area contributed by atoms with Crippen molar-refractivity contribution in [2.45, 2.75) is 12.5 Å². The van der Waals surface area contributed by atoms with Crippen molar-refractivity contribution in [3.8, 4) is 11.1 Å². The van der Waals surface area contributed by atoms with Crippen LogP contribution in [0.1, 0.15) is 17.2 Å². The lowest BCUT2D eigenvalue weighted by Gasteiger charge is -2.16. The zero-order valence-electron chi connectivity index (χ0n) is 16.3. The molecule has 0 saturated carbocycles. The van der Waals surface area contributed by atoms with Crippen molar-refractivity contribution in [1.29, 1.82) is 0 Å². The lowest BCUT2D eigenvalue weighted by molar-refractivity contribution is -0.120. The SMILES string of the molecule is CN(C)c1ccc(C(O)CNC(=O)Cc2ccc(-c3ccccc3)cc2)cc1. The second kappa shape index (κ2) is 9.20. The summed E-state index contributed by atoms with van der Waals surface area (Å²) in [5.41, 5.74) is 5.09. The summed E-state index contributed by atoms with van der Waals surface area (Å²) in [5, 5.41) is 13.1. The lowest BCUT2D eigenvalue weighted by Crippen LogP contribution is -2.29. The molecule has 3 rings (SSSR count). The summed E-state index contributed by atoms with van der Waals surface area (Å²) in [6, 6.07) is 25.8. The first-order valence-corrected chi connectivity index (χ1v) is 9.39. The summed E-state index contributed by atoms with van der Waals surface area (Å²) in [5.74, 6) is -0.101. The van der Waals surface area contributed by atoms with E-state index in [9.17, 15) is 9.90 Å². The van der Waals surface area contributed by atoms with Crippen molar-refractivity contribution in [3.63, 3.8) is 0 Å². The van der Waals surface area contributed by atoms with E-state index in [-0.39, 0.29) is 12.5 Å². The minimum absolute atomic E-state index is 0.101. The molecule has 3 aromatic carbocycles. The van der Waals surface area contributed by atoms with Crippen LogP contribution in [0.25, 0.3) is 11.1 Å². The quantitative estimate of drug-likeness (QED) is 0.661. The number of nitrogens with one attached hydrogen (secondary N) is 1. The molecule has 0 aliphatic carbocycles. The topological polar surface area (TPSA) is 52.6 Å². The van der Waals surface area contributed by atoms with Crippen LogP contribution in [0.3, 0.4) is 0 Å². The molecular weight excluding hydrogens is 348 g/mol. The molecule has 0 bridgehead atoms. The van der Waals surface area contributed by atoms with E-state index < -0.39 is 6.10 Å². The molecule has 1 atom stereocenters. The fourth-order valence-electron chi connectivity index (χ4n) is 3.02. The van der Waals surface area contributed by atoms with Crippen LogP contribution < -0.4 is 10.2 Å². The van der Waals surface area contributed by atoms with Gasteiger partial charge in [0.1, 0.15) is 0 Å². The number of nitrogens with zero attached hydrogens (tertiary/aromatic N) is 1. The molecule has 1 amide bonds. The van der Waals surface area contributed by atoms with E-state index in [4.69, 9.17) is 0 Å². The maximum Gasteiger partial charge on any atom is 0.224 e. The summed E-state index contributed by atoms with van der Waals surface area (Å²) in [7, 11) is 3.94. The van der Waals surface area contributed by atoms with Crippen molar-refractivity contribution >= 4 is 11.6 Å². The molecule has 0 radical (unpaired) electrons. The standard InChI is InChI=1S/C24H26N2O2/c1-26(2)22-14-12-21(13-15-22)23(27)17-25-24(28)16-18-8-10-20(11-9-18)19-6-4-3-5-7-19/h3-15,23,27H,16-17H2,1-2H3,(H,25,28). The molecular formula is C24H26N2O2. The summed E-state index contributed by atoms with van der Waals surface area (Å²) in [6.45, 7) is 0.197. The molecule has 2 N–H and O–H groups in total. The fourth-order valence-corrected chi connectivity index (χ4v) is 3.02. The Morgan fingerprint density at radius 2 is 1.50 bits per heavy atom. The van der Waals surface area contributed by atoms with E-state index in [1.807, 2.05) is 85.7 Å². The van der Waals surface area contributed by atoms with Crippen LogP contribution in [0.5, 0.6) is 0 Å². The van der Waals surface area contributed by atoms with Gasteiger partial charge in [-0.3, -0.25) is 4.79 Å². The molecule has 0 fully saturated rings. The molecule has 4 nitrogen and oxygen atoms in total. The van der Waals surface area contributed by atoms with Crippen LogP contribution in [-0.2, 0) is 11.2 Å². The van der Waals surface area contributed by atoms with Gasteiger partial charge in [0.05, 0.1) is 12.5 Å². The van der Waals surface area contributed by atoms with Gasteiger partial charge in [0.25, 0.3) is 0 Å². The molecule has 1 unspecified atom stereocenters. The third-order valence-electron chi connectivity index (χ3n) is 4.71. The Bertz CT molecular complexity index is 888. The number of hydrogen-bond acceptors (Lipinski definition) is 3. The molecule has 0 aromatic heterocycles. The van der Waals surface area contributed by atoms with E-state index in [0.29, 0.717) is 6.42 Å². The Labute approximate surface area is 166 Å². The monoisotopic (exact) mass is 374 g/mol. The number of amides is 1. The number of carbonyl (C=O) groups excluding carboxylic acids is 1. The Morgan fingerprint density at radius 1 is 0.893 bits per heavy atom. The minimum Gasteiger partial charge on any atom is -0.387 e. The molecule has 3 aromatic rings. The van der Waals surface area contributed by atoms with E-state index in [1.54, 1.807) is 0 Å². The average molecular weight is 374 g/mol. The van der Waals surface area contributed by atoms with Gasteiger partial charge in [-0.1, -0.05) is 66.7 Å². The van der Waals surface area contributed by atoms with Crippen molar-refractivity contribution in [3.05, 3.63) is 90.0 Å². The van der Waals surface area contributed by atoms with Gasteiger partial charge in [-0.15, -0.1) is 0 Å². The first-order chi connectivity index (χ1) is 13.5. The summed E-state index contributed by atoms with van der Waals surface area (Å²) < 4.78 is 0. The van der Waals surface area contributed by atoms with Crippen LogP contribution in [0.4, 0.5) is 5.69 Å². The highest BCUT2D eigenvalue weighted by molar-refractivity contribution is 5.79.